The summed E-state index contributed by atoms with van der Waals surface area (Å²) < 4.78 is 2.18. The van der Waals surface area contributed by atoms with Gasteiger partial charge in [-0.15, -0.1) is 10.2 Å². The number of amides is 1. The van der Waals surface area contributed by atoms with Gasteiger partial charge in [-0.25, -0.2) is 0 Å². The number of hydrogen-bond acceptors (Lipinski definition) is 4. The third-order valence-electron chi connectivity index (χ3n) is 5.63. The van der Waals surface area contributed by atoms with Crippen LogP contribution in [0, 0.1) is 0 Å². The van der Waals surface area contributed by atoms with Crippen molar-refractivity contribution < 1.29 is 4.79 Å². The van der Waals surface area contributed by atoms with E-state index in [1.165, 1.54) is 51.4 Å². The van der Waals surface area contributed by atoms with Crippen LogP contribution in [0.4, 0.5) is 0 Å². The third-order valence-corrected chi connectivity index (χ3v) is 5.63. The van der Waals surface area contributed by atoms with Crippen LogP contribution in [0.15, 0.2) is 6.33 Å². The zero-order valence-corrected chi connectivity index (χ0v) is 14.9. The molecule has 24 heavy (non-hydrogen) atoms. The highest BCUT2D eigenvalue weighted by Crippen LogP contribution is 2.28. The molecule has 0 bridgehead atoms. The molecule has 2 heterocycles. The second-order valence-electron chi connectivity index (χ2n) is 7.25. The van der Waals surface area contributed by atoms with Gasteiger partial charge in [-0.05, 0) is 38.6 Å². The lowest BCUT2D eigenvalue weighted by Crippen LogP contribution is -2.45. The van der Waals surface area contributed by atoms with Crippen LogP contribution < -0.4 is 5.32 Å². The molecule has 1 saturated carbocycles. The Morgan fingerprint density at radius 1 is 1.21 bits per heavy atom. The van der Waals surface area contributed by atoms with Crippen LogP contribution in [0.3, 0.4) is 0 Å². The Hall–Kier alpha value is -1.43. The van der Waals surface area contributed by atoms with Crippen LogP contribution in [0.5, 0.6) is 0 Å². The fourth-order valence-electron chi connectivity index (χ4n) is 4.21. The van der Waals surface area contributed by atoms with E-state index >= 15 is 0 Å². The minimum absolute atomic E-state index is 0.105. The maximum absolute atomic E-state index is 12.3. The van der Waals surface area contributed by atoms with E-state index in [4.69, 9.17) is 0 Å². The Balaban J connectivity index is 1.50. The fourth-order valence-corrected chi connectivity index (χ4v) is 4.21. The van der Waals surface area contributed by atoms with E-state index < -0.39 is 0 Å². The van der Waals surface area contributed by atoms with Gasteiger partial charge in [0.05, 0.1) is 13.1 Å². The number of aromatic nitrogens is 3. The first-order valence-electron chi connectivity index (χ1n) is 9.67. The fraction of sp³-hybridized carbons (Fsp3) is 0.833. The molecule has 6 heteroatoms. The predicted molar refractivity (Wildman–Crippen MR) is 93.5 cm³/mol. The molecule has 0 aromatic carbocycles. The average Bonchev–Trinajstić information content (AvgIpc) is 3.10. The number of likely N-dealkylation sites (tertiary alicyclic amines) is 1. The van der Waals surface area contributed by atoms with E-state index in [1.54, 1.807) is 0 Å². The van der Waals surface area contributed by atoms with E-state index in [9.17, 15) is 4.79 Å². The first kappa shape index (κ1) is 17.4. The summed E-state index contributed by atoms with van der Waals surface area (Å²) in [5, 5.41) is 11.3. The van der Waals surface area contributed by atoms with Crippen LogP contribution in [0.2, 0.25) is 0 Å². The molecule has 1 aromatic rings. The number of nitrogens with one attached hydrogen (secondary N) is 1. The monoisotopic (exact) mass is 333 g/mol. The first-order valence-corrected chi connectivity index (χ1v) is 9.67. The van der Waals surface area contributed by atoms with Gasteiger partial charge in [0.25, 0.3) is 0 Å². The lowest BCUT2D eigenvalue weighted by molar-refractivity contribution is -0.123. The molecular formula is C18H31N5O. The highest BCUT2D eigenvalue weighted by molar-refractivity contribution is 5.77. The Morgan fingerprint density at radius 3 is 2.79 bits per heavy atom. The molecule has 1 aromatic heterocycles. The van der Waals surface area contributed by atoms with Crippen LogP contribution in [-0.2, 0) is 11.3 Å². The highest BCUT2D eigenvalue weighted by atomic mass is 16.2. The average molecular weight is 333 g/mol. The minimum Gasteiger partial charge on any atom is -0.348 e. The zero-order valence-electron chi connectivity index (χ0n) is 14.9. The van der Waals surface area contributed by atoms with Gasteiger partial charge in [-0.3, -0.25) is 9.69 Å². The molecular weight excluding hydrogens is 302 g/mol. The van der Waals surface area contributed by atoms with E-state index in [0.29, 0.717) is 25.2 Å². The summed E-state index contributed by atoms with van der Waals surface area (Å²) in [4.78, 5) is 14.7. The van der Waals surface area contributed by atoms with Gasteiger partial charge in [0.1, 0.15) is 6.33 Å². The molecule has 6 nitrogen and oxygen atoms in total. The molecule has 1 saturated heterocycles. The third kappa shape index (κ3) is 4.35. The van der Waals surface area contributed by atoms with Crippen LogP contribution >= 0.6 is 0 Å². The van der Waals surface area contributed by atoms with E-state index in [0.717, 1.165) is 18.8 Å². The van der Waals surface area contributed by atoms with E-state index in [2.05, 4.69) is 31.9 Å². The van der Waals surface area contributed by atoms with Crippen molar-refractivity contribution in [1.82, 2.24) is 25.0 Å². The molecule has 2 aliphatic rings. The minimum atomic E-state index is 0.105. The SMILES string of the molecule is CCC1CCCCN1CC(=O)NCc1nncn1C1CCCCC1. The summed E-state index contributed by atoms with van der Waals surface area (Å²) in [6.07, 6.45) is 13.0. The van der Waals surface area contributed by atoms with Crippen molar-refractivity contribution in [2.24, 2.45) is 0 Å². The molecule has 0 radical (unpaired) electrons. The number of piperidine rings is 1. The van der Waals surface area contributed by atoms with Crippen molar-refractivity contribution in [2.45, 2.75) is 83.3 Å². The Bertz CT molecular complexity index is 523. The molecule has 1 unspecified atom stereocenters. The number of nitrogens with zero attached hydrogens (tertiary/aromatic N) is 4. The van der Waals surface area contributed by atoms with Gasteiger partial charge >= 0.3 is 0 Å². The van der Waals surface area contributed by atoms with Crippen molar-refractivity contribution in [1.29, 1.82) is 0 Å². The van der Waals surface area contributed by atoms with Crippen molar-refractivity contribution in [3.63, 3.8) is 0 Å². The van der Waals surface area contributed by atoms with Gasteiger partial charge < -0.3 is 9.88 Å². The van der Waals surface area contributed by atoms with Crippen molar-refractivity contribution in [2.75, 3.05) is 13.1 Å². The largest absolute Gasteiger partial charge is 0.348 e. The summed E-state index contributed by atoms with van der Waals surface area (Å²) in [7, 11) is 0. The summed E-state index contributed by atoms with van der Waals surface area (Å²) in [5.41, 5.74) is 0. The maximum Gasteiger partial charge on any atom is 0.234 e. The predicted octanol–water partition coefficient (Wildman–Crippen LogP) is 2.66. The lowest BCUT2D eigenvalue weighted by atomic mass is 9.95. The second kappa shape index (κ2) is 8.60. The smallest absolute Gasteiger partial charge is 0.234 e. The topological polar surface area (TPSA) is 63.1 Å². The van der Waals surface area contributed by atoms with Gasteiger partial charge in [0.15, 0.2) is 5.82 Å². The van der Waals surface area contributed by atoms with Crippen molar-refractivity contribution in [3.05, 3.63) is 12.2 Å². The highest BCUT2D eigenvalue weighted by Gasteiger charge is 2.23. The first-order chi connectivity index (χ1) is 11.8. The molecule has 0 spiro atoms. The molecule has 2 fully saturated rings. The summed E-state index contributed by atoms with van der Waals surface area (Å²) >= 11 is 0. The molecule has 1 aliphatic heterocycles. The zero-order chi connectivity index (χ0) is 16.8. The van der Waals surface area contributed by atoms with E-state index in [-0.39, 0.29) is 5.91 Å². The molecule has 3 rings (SSSR count). The quantitative estimate of drug-likeness (QED) is 0.869. The second-order valence-corrected chi connectivity index (χ2v) is 7.25. The van der Waals surface area contributed by atoms with Gasteiger partial charge in [-0.1, -0.05) is 32.6 Å². The standard InChI is InChI=1S/C18H31N5O/c1-2-15-8-6-7-11-22(15)13-18(24)19-12-17-21-20-14-23(17)16-9-4-3-5-10-16/h14-16H,2-13H2,1H3,(H,19,24). The lowest BCUT2D eigenvalue weighted by Gasteiger charge is -2.34. The van der Waals surface area contributed by atoms with Gasteiger partial charge in [0, 0.05) is 12.1 Å². The van der Waals surface area contributed by atoms with Gasteiger partial charge in [0.2, 0.25) is 5.91 Å². The van der Waals surface area contributed by atoms with Crippen LogP contribution in [0.25, 0.3) is 0 Å². The number of carbonyl (C=O) groups excluding carboxylic acids is 1. The molecule has 1 aliphatic carbocycles. The Labute approximate surface area is 145 Å². The van der Waals surface area contributed by atoms with Crippen LogP contribution in [-0.4, -0.2) is 44.7 Å². The number of hydrogen-bond donors (Lipinski definition) is 1. The molecule has 1 N–H and O–H groups in total. The normalized spacial score (nSPS) is 23.3. The van der Waals surface area contributed by atoms with Gasteiger partial charge in [-0.2, -0.15) is 0 Å². The Morgan fingerprint density at radius 2 is 2.00 bits per heavy atom. The number of rotatable bonds is 6. The molecule has 1 atom stereocenters. The Kier molecular flexibility index (Phi) is 6.24. The maximum atomic E-state index is 12.3. The van der Waals surface area contributed by atoms with Crippen LogP contribution in [0.1, 0.15) is 76.6 Å². The summed E-state index contributed by atoms with van der Waals surface area (Å²) in [6, 6.07) is 1.07. The van der Waals surface area contributed by atoms with Crippen molar-refractivity contribution in [3.8, 4) is 0 Å². The molecule has 134 valence electrons. The van der Waals surface area contributed by atoms with E-state index in [1.807, 2.05) is 6.33 Å². The number of carbonyl (C=O) groups is 1. The molecule has 1 amide bonds. The van der Waals surface area contributed by atoms with Crippen molar-refractivity contribution >= 4 is 5.91 Å². The summed E-state index contributed by atoms with van der Waals surface area (Å²) in [6.45, 7) is 4.26. The summed E-state index contributed by atoms with van der Waals surface area (Å²) in [5.74, 6) is 0.995.